The predicted octanol–water partition coefficient (Wildman–Crippen LogP) is 5.14. The van der Waals surface area contributed by atoms with Crippen molar-refractivity contribution in [1.29, 1.82) is 0 Å². The second-order valence-corrected chi connectivity index (χ2v) is 10.4. The minimum atomic E-state index is -3.78. The Balaban J connectivity index is 1.75. The molecule has 7 heteroatoms. The van der Waals surface area contributed by atoms with E-state index in [4.69, 9.17) is 0 Å². The van der Waals surface area contributed by atoms with Gasteiger partial charge in [0.15, 0.2) is 0 Å². The second kappa shape index (κ2) is 7.50. The van der Waals surface area contributed by atoms with Crippen LogP contribution in [0.25, 0.3) is 16.6 Å². The van der Waals surface area contributed by atoms with E-state index in [2.05, 4.69) is 35.6 Å². The van der Waals surface area contributed by atoms with Crippen LogP contribution in [0.5, 0.6) is 0 Å². The van der Waals surface area contributed by atoms with Crippen LogP contribution in [0.3, 0.4) is 0 Å². The summed E-state index contributed by atoms with van der Waals surface area (Å²) in [7, 11) is -3.78. The number of hydrogen-bond donors (Lipinski definition) is 1. The lowest BCUT2D eigenvalue weighted by atomic mass is 9.87. The molecule has 0 atom stereocenters. The fraction of sp³-hybridized carbons (Fsp3) is 0.250. The van der Waals surface area contributed by atoms with Crippen LogP contribution in [0, 0.1) is 13.8 Å². The molecule has 2 aromatic heterocycles. The van der Waals surface area contributed by atoms with E-state index >= 15 is 0 Å². The smallest absolute Gasteiger partial charge is 0.263 e. The zero-order valence-corrected chi connectivity index (χ0v) is 19.2. The van der Waals surface area contributed by atoms with E-state index < -0.39 is 10.0 Å². The molecule has 31 heavy (non-hydrogen) atoms. The summed E-state index contributed by atoms with van der Waals surface area (Å²) < 4.78 is 30.5. The van der Waals surface area contributed by atoms with Crippen LogP contribution < -0.4 is 4.72 Å². The first-order valence-electron chi connectivity index (χ1n) is 10.1. The largest absolute Gasteiger partial charge is 0.263 e. The average Bonchev–Trinajstić information content (AvgIpc) is 3.06. The van der Waals surface area contributed by atoms with E-state index in [0.29, 0.717) is 11.5 Å². The molecule has 0 aliphatic carbocycles. The molecule has 0 amide bonds. The van der Waals surface area contributed by atoms with Crippen LogP contribution in [-0.4, -0.2) is 23.2 Å². The third-order valence-electron chi connectivity index (χ3n) is 5.18. The van der Waals surface area contributed by atoms with Gasteiger partial charge < -0.3 is 0 Å². The average molecular weight is 435 g/mol. The van der Waals surface area contributed by atoms with Crippen LogP contribution in [0.1, 0.15) is 37.7 Å². The molecule has 2 heterocycles. The topological polar surface area (TPSA) is 76.9 Å². The zero-order chi connectivity index (χ0) is 22.4. The number of hydrogen-bond acceptors (Lipinski definition) is 4. The van der Waals surface area contributed by atoms with Gasteiger partial charge in [0.25, 0.3) is 10.0 Å². The molecule has 0 spiro atoms. The maximum atomic E-state index is 13.1. The summed E-state index contributed by atoms with van der Waals surface area (Å²) in [5.74, 6) is 0.380. The molecule has 0 saturated heterocycles. The minimum absolute atomic E-state index is 0.0494. The summed E-state index contributed by atoms with van der Waals surface area (Å²) in [6, 6.07) is 18.4. The van der Waals surface area contributed by atoms with E-state index in [-0.39, 0.29) is 10.3 Å². The van der Waals surface area contributed by atoms with Crippen LogP contribution in [0.2, 0.25) is 0 Å². The summed E-state index contributed by atoms with van der Waals surface area (Å²) in [5, 5.41) is 5.43. The van der Waals surface area contributed by atoms with Gasteiger partial charge in [-0.05, 0) is 61.2 Å². The highest BCUT2D eigenvalue weighted by molar-refractivity contribution is 7.92. The fourth-order valence-corrected chi connectivity index (χ4v) is 4.54. The lowest BCUT2D eigenvalue weighted by molar-refractivity contribution is 0.587. The Kier molecular flexibility index (Phi) is 5.09. The van der Waals surface area contributed by atoms with E-state index in [0.717, 1.165) is 27.8 Å². The van der Waals surface area contributed by atoms with Gasteiger partial charge in [-0.3, -0.25) is 9.71 Å². The first-order valence-corrected chi connectivity index (χ1v) is 11.6. The lowest BCUT2D eigenvalue weighted by Gasteiger charge is -2.19. The third-order valence-corrected chi connectivity index (χ3v) is 6.55. The molecule has 0 fully saturated rings. The highest BCUT2D eigenvalue weighted by Crippen LogP contribution is 2.27. The predicted molar refractivity (Wildman–Crippen MR) is 124 cm³/mol. The molecular weight excluding hydrogens is 408 g/mol. The molecule has 0 bridgehead atoms. The van der Waals surface area contributed by atoms with Crippen molar-refractivity contribution in [2.75, 3.05) is 4.72 Å². The molecule has 0 radical (unpaired) electrons. The Morgan fingerprint density at radius 3 is 2.29 bits per heavy atom. The maximum absolute atomic E-state index is 13.1. The SMILES string of the molecule is Cc1ccc2c(-n3nc(C)cc3NS(=O)(=O)c3ccc(C(C)(C)C)cc3)cccc2n1. The Morgan fingerprint density at radius 2 is 1.61 bits per heavy atom. The third kappa shape index (κ3) is 4.18. The second-order valence-electron chi connectivity index (χ2n) is 8.76. The molecule has 2 aromatic carbocycles. The van der Waals surface area contributed by atoms with Gasteiger partial charge in [-0.15, -0.1) is 0 Å². The van der Waals surface area contributed by atoms with Gasteiger partial charge in [0.1, 0.15) is 5.82 Å². The van der Waals surface area contributed by atoms with Crippen LogP contribution in [-0.2, 0) is 15.4 Å². The van der Waals surface area contributed by atoms with Crippen molar-refractivity contribution >= 4 is 26.7 Å². The van der Waals surface area contributed by atoms with Gasteiger partial charge in [-0.2, -0.15) is 5.10 Å². The first-order chi connectivity index (χ1) is 14.5. The Bertz CT molecular complexity index is 1370. The van der Waals surface area contributed by atoms with Crippen molar-refractivity contribution in [3.05, 3.63) is 77.6 Å². The summed E-state index contributed by atoms with van der Waals surface area (Å²) in [4.78, 5) is 4.78. The van der Waals surface area contributed by atoms with Gasteiger partial charge in [-0.25, -0.2) is 13.1 Å². The summed E-state index contributed by atoms with van der Waals surface area (Å²) in [6.07, 6.45) is 0. The Morgan fingerprint density at radius 1 is 0.903 bits per heavy atom. The number of rotatable bonds is 4. The summed E-state index contributed by atoms with van der Waals surface area (Å²) in [5.41, 5.74) is 4.24. The number of pyridine rings is 1. The van der Waals surface area contributed by atoms with Crippen molar-refractivity contribution in [2.24, 2.45) is 0 Å². The van der Waals surface area contributed by atoms with Gasteiger partial charge in [0, 0.05) is 17.1 Å². The number of aryl methyl sites for hydroxylation is 2. The summed E-state index contributed by atoms with van der Waals surface area (Å²) >= 11 is 0. The van der Waals surface area contributed by atoms with E-state index in [1.54, 1.807) is 22.9 Å². The molecule has 0 aliphatic rings. The molecule has 4 rings (SSSR count). The Hall–Kier alpha value is -3.19. The van der Waals surface area contributed by atoms with Crippen LogP contribution >= 0.6 is 0 Å². The number of anilines is 1. The molecule has 6 nitrogen and oxygen atoms in total. The van der Waals surface area contributed by atoms with E-state index in [1.807, 2.05) is 56.3 Å². The normalized spacial score (nSPS) is 12.3. The Labute approximate surface area is 183 Å². The van der Waals surface area contributed by atoms with Crippen molar-refractivity contribution in [1.82, 2.24) is 14.8 Å². The van der Waals surface area contributed by atoms with Gasteiger partial charge in [0.05, 0.1) is 21.8 Å². The van der Waals surface area contributed by atoms with Crippen molar-refractivity contribution in [3.63, 3.8) is 0 Å². The van der Waals surface area contributed by atoms with Crippen molar-refractivity contribution in [3.8, 4) is 5.69 Å². The molecular formula is C24H26N4O2S. The first kappa shape index (κ1) is 21.1. The van der Waals surface area contributed by atoms with E-state index in [1.165, 1.54) is 0 Å². The van der Waals surface area contributed by atoms with Crippen molar-refractivity contribution < 1.29 is 8.42 Å². The molecule has 0 saturated carbocycles. The molecule has 0 unspecified atom stereocenters. The number of fused-ring (bicyclic) bond motifs is 1. The fourth-order valence-electron chi connectivity index (χ4n) is 3.51. The van der Waals surface area contributed by atoms with Gasteiger partial charge >= 0.3 is 0 Å². The van der Waals surface area contributed by atoms with Gasteiger partial charge in [0.2, 0.25) is 0 Å². The maximum Gasteiger partial charge on any atom is 0.263 e. The summed E-state index contributed by atoms with van der Waals surface area (Å²) in [6.45, 7) is 10.1. The molecule has 4 aromatic rings. The number of aromatic nitrogens is 3. The monoisotopic (exact) mass is 434 g/mol. The number of benzene rings is 2. The molecule has 160 valence electrons. The number of sulfonamides is 1. The van der Waals surface area contributed by atoms with Crippen LogP contribution in [0.15, 0.2) is 65.6 Å². The van der Waals surface area contributed by atoms with Crippen molar-refractivity contribution in [2.45, 2.75) is 44.9 Å². The quantitative estimate of drug-likeness (QED) is 0.483. The minimum Gasteiger partial charge on any atom is -0.263 e. The molecule has 0 aliphatic heterocycles. The molecule has 1 N–H and O–H groups in total. The zero-order valence-electron chi connectivity index (χ0n) is 18.3. The van der Waals surface area contributed by atoms with Gasteiger partial charge in [-0.1, -0.05) is 39.0 Å². The van der Waals surface area contributed by atoms with E-state index in [9.17, 15) is 8.42 Å². The van der Waals surface area contributed by atoms with Crippen LogP contribution in [0.4, 0.5) is 5.82 Å². The number of nitrogens with zero attached hydrogens (tertiary/aromatic N) is 3. The standard InChI is InChI=1S/C24H26N4O2S/c1-16-9-14-20-21(25-16)7-6-8-22(20)28-23(15-17(2)26-28)27-31(29,30)19-12-10-18(11-13-19)24(3,4)5/h6-15,27H,1-5H3. The highest BCUT2D eigenvalue weighted by Gasteiger charge is 2.20. The lowest BCUT2D eigenvalue weighted by Crippen LogP contribution is -2.17. The highest BCUT2D eigenvalue weighted by atomic mass is 32.2. The number of nitrogens with one attached hydrogen (secondary N) is 1.